The number of carbonyl (C=O) groups is 1. The van der Waals surface area contributed by atoms with Crippen molar-refractivity contribution in [1.29, 1.82) is 0 Å². The van der Waals surface area contributed by atoms with Crippen LogP contribution >= 0.6 is 11.6 Å². The number of sulfonamides is 1. The molecule has 0 spiro atoms. The summed E-state index contributed by atoms with van der Waals surface area (Å²) in [5, 5.41) is 0.0968. The molecule has 1 aliphatic rings. The van der Waals surface area contributed by atoms with Crippen LogP contribution in [0.2, 0.25) is 5.02 Å². The number of amides is 1. The van der Waals surface area contributed by atoms with E-state index in [1.807, 2.05) is 0 Å². The molecule has 30 heavy (non-hydrogen) atoms. The van der Waals surface area contributed by atoms with Gasteiger partial charge in [0.25, 0.3) is 5.91 Å². The highest BCUT2D eigenvalue weighted by Crippen LogP contribution is 2.27. The van der Waals surface area contributed by atoms with Gasteiger partial charge < -0.3 is 9.80 Å². The second-order valence-corrected chi connectivity index (χ2v) is 9.30. The lowest BCUT2D eigenvalue weighted by atomic mass is 10.1. The first-order valence-corrected chi connectivity index (χ1v) is 11.7. The maximum Gasteiger partial charge on any atom is 0.254 e. The Kier molecular flexibility index (Phi) is 7.00. The maximum atomic E-state index is 13.1. The second kappa shape index (κ2) is 9.32. The molecule has 2 aromatic carbocycles. The summed E-state index contributed by atoms with van der Waals surface area (Å²) >= 11 is 6.16. The minimum Gasteiger partial charge on any atom is -0.368 e. The summed E-state index contributed by atoms with van der Waals surface area (Å²) in [4.78, 5) is 16.7. The molecule has 0 atom stereocenters. The molecule has 1 heterocycles. The molecule has 1 aliphatic heterocycles. The van der Waals surface area contributed by atoms with E-state index in [2.05, 4.69) is 4.90 Å². The Balaban J connectivity index is 1.76. The third-order valence-electron chi connectivity index (χ3n) is 5.26. The van der Waals surface area contributed by atoms with Gasteiger partial charge in [-0.25, -0.2) is 12.8 Å². The molecule has 0 saturated carbocycles. The van der Waals surface area contributed by atoms with Crippen molar-refractivity contribution in [1.82, 2.24) is 9.21 Å². The summed E-state index contributed by atoms with van der Waals surface area (Å²) < 4.78 is 40.2. The smallest absolute Gasteiger partial charge is 0.254 e. The highest BCUT2D eigenvalue weighted by molar-refractivity contribution is 7.89. The molecule has 6 nitrogen and oxygen atoms in total. The second-order valence-electron chi connectivity index (χ2n) is 6.99. The number of benzene rings is 2. The van der Waals surface area contributed by atoms with Gasteiger partial charge in [-0.15, -0.1) is 0 Å². The van der Waals surface area contributed by atoms with Crippen LogP contribution in [0.15, 0.2) is 47.4 Å². The van der Waals surface area contributed by atoms with Gasteiger partial charge >= 0.3 is 0 Å². The van der Waals surface area contributed by atoms with Gasteiger partial charge in [0, 0.05) is 50.5 Å². The fourth-order valence-electron chi connectivity index (χ4n) is 3.54. The first-order valence-electron chi connectivity index (χ1n) is 9.87. The van der Waals surface area contributed by atoms with E-state index in [4.69, 9.17) is 11.6 Å². The van der Waals surface area contributed by atoms with E-state index in [1.165, 1.54) is 28.6 Å². The van der Waals surface area contributed by atoms with Crippen LogP contribution in [-0.2, 0) is 10.0 Å². The van der Waals surface area contributed by atoms with Gasteiger partial charge in [-0.1, -0.05) is 25.4 Å². The summed E-state index contributed by atoms with van der Waals surface area (Å²) in [5.74, 6) is -0.521. The molecule has 0 aliphatic carbocycles. The first-order chi connectivity index (χ1) is 14.3. The summed E-state index contributed by atoms with van der Waals surface area (Å²) in [6.45, 7) is 6.32. The van der Waals surface area contributed by atoms with Crippen molar-refractivity contribution < 1.29 is 17.6 Å². The highest BCUT2D eigenvalue weighted by Gasteiger charge is 2.28. The topological polar surface area (TPSA) is 60.9 Å². The van der Waals surface area contributed by atoms with Crippen molar-refractivity contribution >= 4 is 33.2 Å². The number of anilines is 1. The Hall–Kier alpha value is -2.16. The highest BCUT2D eigenvalue weighted by atomic mass is 35.5. The van der Waals surface area contributed by atoms with E-state index in [-0.39, 0.29) is 21.6 Å². The minimum atomic E-state index is -3.78. The van der Waals surface area contributed by atoms with Gasteiger partial charge in [0.15, 0.2) is 0 Å². The van der Waals surface area contributed by atoms with Gasteiger partial charge in [-0.3, -0.25) is 4.79 Å². The summed E-state index contributed by atoms with van der Waals surface area (Å²) in [6, 6.07) is 10.6. The lowest BCUT2D eigenvalue weighted by Crippen LogP contribution is -2.48. The quantitative estimate of drug-likeness (QED) is 0.672. The largest absolute Gasteiger partial charge is 0.368 e. The molecule has 3 rings (SSSR count). The van der Waals surface area contributed by atoms with Gasteiger partial charge in [-0.05, 0) is 42.5 Å². The van der Waals surface area contributed by atoms with E-state index in [0.717, 1.165) is 5.69 Å². The van der Waals surface area contributed by atoms with Crippen molar-refractivity contribution in [3.8, 4) is 0 Å². The Labute approximate surface area is 181 Å². The molecule has 0 radical (unpaired) electrons. The Morgan fingerprint density at radius 2 is 1.63 bits per heavy atom. The van der Waals surface area contributed by atoms with Gasteiger partial charge in [0.05, 0.1) is 5.02 Å². The molecule has 0 bridgehead atoms. The monoisotopic (exact) mass is 453 g/mol. The fourth-order valence-corrected chi connectivity index (χ4v) is 5.50. The van der Waals surface area contributed by atoms with Crippen LogP contribution in [0.3, 0.4) is 0 Å². The van der Waals surface area contributed by atoms with Crippen LogP contribution in [-0.4, -0.2) is 62.8 Å². The predicted molar refractivity (Wildman–Crippen MR) is 116 cm³/mol. The normalized spacial score (nSPS) is 15.0. The number of hydrogen-bond donors (Lipinski definition) is 0. The molecule has 0 aromatic heterocycles. The van der Waals surface area contributed by atoms with E-state index in [9.17, 15) is 17.6 Å². The van der Waals surface area contributed by atoms with E-state index < -0.39 is 10.0 Å². The summed E-state index contributed by atoms with van der Waals surface area (Å²) in [5.41, 5.74) is 1.20. The third kappa shape index (κ3) is 4.61. The fraction of sp³-hybridized carbons (Fsp3) is 0.381. The van der Waals surface area contributed by atoms with Gasteiger partial charge in [0.1, 0.15) is 10.7 Å². The number of hydrogen-bond acceptors (Lipinski definition) is 4. The van der Waals surface area contributed by atoms with E-state index in [0.29, 0.717) is 44.8 Å². The molecular weight excluding hydrogens is 429 g/mol. The predicted octanol–water partition coefficient (Wildman–Crippen LogP) is 3.47. The van der Waals surface area contributed by atoms with Gasteiger partial charge in [0.2, 0.25) is 10.0 Å². The molecule has 1 amide bonds. The lowest BCUT2D eigenvalue weighted by molar-refractivity contribution is 0.0746. The molecule has 1 saturated heterocycles. The number of halogens is 2. The minimum absolute atomic E-state index is 0.0522. The van der Waals surface area contributed by atoms with Crippen LogP contribution in [0.25, 0.3) is 0 Å². The molecule has 162 valence electrons. The zero-order chi connectivity index (χ0) is 21.9. The molecule has 0 unspecified atom stereocenters. The van der Waals surface area contributed by atoms with Crippen molar-refractivity contribution in [3.05, 3.63) is 58.9 Å². The molecule has 0 N–H and O–H groups in total. The average molecular weight is 454 g/mol. The number of piperazine rings is 1. The van der Waals surface area contributed by atoms with Crippen LogP contribution in [0, 0.1) is 5.82 Å². The standard InChI is InChI=1S/C21H25ClFN3O3S/c1-3-26(4-2)30(28,29)20-15-16(5-10-19(20)22)21(27)25-13-11-24(12-14-25)18-8-6-17(23)7-9-18/h5-10,15H,3-4,11-14H2,1-2H3. The van der Waals surface area contributed by atoms with E-state index in [1.54, 1.807) is 36.9 Å². The van der Waals surface area contributed by atoms with Crippen LogP contribution < -0.4 is 4.90 Å². The molecular formula is C21H25ClFN3O3S. The van der Waals surface area contributed by atoms with Crippen molar-refractivity contribution in [2.45, 2.75) is 18.7 Å². The van der Waals surface area contributed by atoms with Gasteiger partial charge in [-0.2, -0.15) is 4.31 Å². The third-order valence-corrected chi connectivity index (χ3v) is 7.79. The van der Waals surface area contributed by atoms with Crippen LogP contribution in [0.1, 0.15) is 24.2 Å². The van der Waals surface area contributed by atoms with Crippen molar-refractivity contribution in [2.75, 3.05) is 44.2 Å². The van der Waals surface area contributed by atoms with Crippen molar-refractivity contribution in [2.24, 2.45) is 0 Å². The Morgan fingerprint density at radius 3 is 2.20 bits per heavy atom. The number of carbonyl (C=O) groups excluding carboxylic acids is 1. The summed E-state index contributed by atoms with van der Waals surface area (Å²) in [7, 11) is -3.78. The average Bonchev–Trinajstić information content (AvgIpc) is 2.75. The maximum absolute atomic E-state index is 13.1. The molecule has 2 aromatic rings. The Bertz CT molecular complexity index is 1000. The zero-order valence-corrected chi connectivity index (χ0v) is 18.6. The molecule has 9 heteroatoms. The first kappa shape index (κ1) is 22.5. The SMILES string of the molecule is CCN(CC)S(=O)(=O)c1cc(C(=O)N2CCN(c3ccc(F)cc3)CC2)ccc1Cl. The number of rotatable bonds is 6. The van der Waals surface area contributed by atoms with Crippen LogP contribution in [0.5, 0.6) is 0 Å². The zero-order valence-electron chi connectivity index (χ0n) is 17.0. The van der Waals surface area contributed by atoms with E-state index >= 15 is 0 Å². The Morgan fingerprint density at radius 1 is 1.03 bits per heavy atom. The lowest BCUT2D eigenvalue weighted by Gasteiger charge is -2.36. The van der Waals surface area contributed by atoms with Crippen molar-refractivity contribution in [3.63, 3.8) is 0 Å². The summed E-state index contributed by atoms with van der Waals surface area (Å²) in [6.07, 6.45) is 0. The number of nitrogens with zero attached hydrogens (tertiary/aromatic N) is 3. The molecule has 1 fully saturated rings. The van der Waals surface area contributed by atoms with Crippen LogP contribution in [0.4, 0.5) is 10.1 Å².